The molecule has 1 unspecified atom stereocenters. The molecule has 1 N–H and O–H groups in total. The average Bonchev–Trinajstić information content (AvgIpc) is 3.16. The fourth-order valence-electron chi connectivity index (χ4n) is 3.24. The van der Waals surface area contributed by atoms with Crippen molar-refractivity contribution in [2.24, 2.45) is 0 Å². The smallest absolute Gasteiger partial charge is 0.258 e. The first-order valence-corrected chi connectivity index (χ1v) is 8.96. The van der Waals surface area contributed by atoms with E-state index in [2.05, 4.69) is 10.2 Å². The van der Waals surface area contributed by atoms with Crippen LogP contribution in [0.5, 0.6) is 5.75 Å². The molecule has 0 radical (unpaired) electrons. The van der Waals surface area contributed by atoms with E-state index in [4.69, 9.17) is 9.15 Å². The first-order chi connectivity index (χ1) is 12.2. The first kappa shape index (κ1) is 20.3. The van der Waals surface area contributed by atoms with Crippen LogP contribution in [0.15, 0.2) is 47.1 Å². The van der Waals surface area contributed by atoms with E-state index in [1.165, 1.54) is 19.3 Å². The van der Waals surface area contributed by atoms with Gasteiger partial charge in [0.25, 0.3) is 5.91 Å². The lowest BCUT2D eigenvalue weighted by Gasteiger charge is -2.33. The number of amides is 1. The zero-order valence-electron chi connectivity index (χ0n) is 15.1. The van der Waals surface area contributed by atoms with E-state index in [0.717, 1.165) is 30.2 Å². The molecular formula is C20H27ClN2O3. The highest BCUT2D eigenvalue weighted by molar-refractivity contribution is 5.85. The lowest BCUT2D eigenvalue weighted by molar-refractivity contribution is -0.123. The fraction of sp³-hybridized carbons (Fsp3) is 0.450. The molecule has 2 heterocycles. The quantitative estimate of drug-likeness (QED) is 0.797. The minimum absolute atomic E-state index is 0. The van der Waals surface area contributed by atoms with Crippen LogP contribution in [-0.2, 0) is 4.79 Å². The van der Waals surface area contributed by atoms with Crippen LogP contribution < -0.4 is 10.1 Å². The van der Waals surface area contributed by atoms with Gasteiger partial charge < -0.3 is 14.5 Å². The summed E-state index contributed by atoms with van der Waals surface area (Å²) in [7, 11) is 0. The van der Waals surface area contributed by atoms with Crippen LogP contribution in [0.2, 0.25) is 0 Å². The Hall–Kier alpha value is -1.98. The molecule has 142 valence electrons. The molecule has 0 spiro atoms. The number of hydrogen-bond acceptors (Lipinski definition) is 4. The maximum Gasteiger partial charge on any atom is 0.258 e. The molecule has 0 aliphatic carbocycles. The van der Waals surface area contributed by atoms with Crippen LogP contribution in [0.4, 0.5) is 0 Å². The number of benzene rings is 1. The molecular weight excluding hydrogens is 352 g/mol. The molecule has 1 aliphatic rings. The molecule has 3 rings (SSSR count). The van der Waals surface area contributed by atoms with Crippen LogP contribution >= 0.6 is 12.4 Å². The highest BCUT2D eigenvalue weighted by atomic mass is 35.5. The Balaban J connectivity index is 0.00000243. The van der Waals surface area contributed by atoms with Crippen molar-refractivity contribution in [1.29, 1.82) is 0 Å². The number of nitrogens with zero attached hydrogens (tertiary/aromatic N) is 1. The Morgan fingerprint density at radius 3 is 2.65 bits per heavy atom. The summed E-state index contributed by atoms with van der Waals surface area (Å²) in [6.45, 7) is 4.61. The van der Waals surface area contributed by atoms with Crippen LogP contribution in [0.3, 0.4) is 0 Å². The Morgan fingerprint density at radius 2 is 1.96 bits per heavy atom. The van der Waals surface area contributed by atoms with E-state index < -0.39 is 0 Å². The molecule has 0 saturated carbocycles. The van der Waals surface area contributed by atoms with Crippen molar-refractivity contribution >= 4 is 18.3 Å². The number of ether oxygens (including phenoxy) is 1. The van der Waals surface area contributed by atoms with E-state index in [0.29, 0.717) is 6.54 Å². The number of likely N-dealkylation sites (tertiary alicyclic amines) is 1. The van der Waals surface area contributed by atoms with Crippen molar-refractivity contribution < 1.29 is 13.9 Å². The molecule has 1 fully saturated rings. The van der Waals surface area contributed by atoms with Crippen LogP contribution in [0, 0.1) is 6.92 Å². The van der Waals surface area contributed by atoms with Gasteiger partial charge in [-0.3, -0.25) is 9.69 Å². The third-order valence-corrected chi connectivity index (χ3v) is 4.65. The summed E-state index contributed by atoms with van der Waals surface area (Å²) in [6.07, 6.45) is 5.36. The molecule has 0 bridgehead atoms. The maximum absolute atomic E-state index is 12.2. The molecule has 26 heavy (non-hydrogen) atoms. The standard InChI is InChI=1S/C20H26N2O3.ClH/c1-16-8-3-4-9-18(16)25-15-20(23)21-14-17(19-10-7-13-24-19)22-11-5-2-6-12-22;/h3-4,7-10,13,17H,2,5-6,11-12,14-15H2,1H3,(H,21,23);1H. The van der Waals surface area contributed by atoms with E-state index in [1.54, 1.807) is 6.26 Å². The van der Waals surface area contributed by atoms with Crippen LogP contribution in [0.1, 0.15) is 36.6 Å². The molecule has 1 aliphatic heterocycles. The van der Waals surface area contributed by atoms with Crippen molar-refractivity contribution in [2.45, 2.75) is 32.2 Å². The van der Waals surface area contributed by atoms with Gasteiger partial charge in [-0.05, 0) is 56.6 Å². The summed E-state index contributed by atoms with van der Waals surface area (Å²) in [5.41, 5.74) is 1.03. The van der Waals surface area contributed by atoms with Gasteiger partial charge in [0.2, 0.25) is 0 Å². The maximum atomic E-state index is 12.2. The predicted molar refractivity (Wildman–Crippen MR) is 104 cm³/mol. The van der Waals surface area contributed by atoms with Crippen molar-refractivity contribution in [3.63, 3.8) is 0 Å². The fourth-order valence-corrected chi connectivity index (χ4v) is 3.24. The molecule has 6 heteroatoms. The molecule has 1 amide bonds. The zero-order valence-corrected chi connectivity index (χ0v) is 16.0. The number of carbonyl (C=O) groups is 1. The van der Waals surface area contributed by atoms with E-state index >= 15 is 0 Å². The van der Waals surface area contributed by atoms with Crippen LogP contribution in [0.25, 0.3) is 0 Å². The number of furan rings is 1. The Kier molecular flexibility index (Phi) is 8.01. The van der Waals surface area contributed by atoms with E-state index in [9.17, 15) is 4.79 Å². The van der Waals surface area contributed by atoms with Gasteiger partial charge in [0.05, 0.1) is 12.3 Å². The summed E-state index contributed by atoms with van der Waals surface area (Å²) < 4.78 is 11.2. The molecule has 5 nitrogen and oxygen atoms in total. The second kappa shape index (κ2) is 10.2. The van der Waals surface area contributed by atoms with Gasteiger partial charge >= 0.3 is 0 Å². The van der Waals surface area contributed by atoms with E-state index in [-0.39, 0.29) is 31.0 Å². The van der Waals surface area contributed by atoms with Gasteiger partial charge in [0.1, 0.15) is 11.5 Å². The average molecular weight is 379 g/mol. The number of aryl methyl sites for hydroxylation is 1. The third-order valence-electron chi connectivity index (χ3n) is 4.65. The number of piperidine rings is 1. The van der Waals surface area contributed by atoms with Crippen LogP contribution in [-0.4, -0.2) is 37.0 Å². The molecule has 1 saturated heterocycles. The van der Waals surface area contributed by atoms with Gasteiger partial charge in [0, 0.05) is 6.54 Å². The topological polar surface area (TPSA) is 54.7 Å². The summed E-state index contributed by atoms with van der Waals surface area (Å²) >= 11 is 0. The van der Waals surface area contributed by atoms with Crippen molar-refractivity contribution in [3.8, 4) is 5.75 Å². The number of halogens is 1. The Morgan fingerprint density at radius 1 is 1.19 bits per heavy atom. The number of carbonyl (C=O) groups excluding carboxylic acids is 1. The van der Waals surface area contributed by atoms with Gasteiger partial charge in [0.15, 0.2) is 6.61 Å². The normalized spacial score (nSPS) is 15.7. The minimum atomic E-state index is -0.114. The molecule has 1 atom stereocenters. The van der Waals surface area contributed by atoms with Crippen molar-refractivity contribution in [2.75, 3.05) is 26.2 Å². The minimum Gasteiger partial charge on any atom is -0.484 e. The number of para-hydroxylation sites is 1. The first-order valence-electron chi connectivity index (χ1n) is 8.96. The second-order valence-corrected chi connectivity index (χ2v) is 6.49. The van der Waals surface area contributed by atoms with Crippen molar-refractivity contribution in [3.05, 3.63) is 54.0 Å². The second-order valence-electron chi connectivity index (χ2n) is 6.49. The third kappa shape index (κ3) is 5.51. The highest BCUT2D eigenvalue weighted by Gasteiger charge is 2.24. The summed E-state index contributed by atoms with van der Waals surface area (Å²) in [5.74, 6) is 1.54. The van der Waals surface area contributed by atoms with Crippen molar-refractivity contribution in [1.82, 2.24) is 10.2 Å². The number of nitrogens with one attached hydrogen (secondary N) is 1. The predicted octanol–water partition coefficient (Wildman–Crippen LogP) is 3.73. The van der Waals surface area contributed by atoms with Gasteiger partial charge in [-0.15, -0.1) is 12.4 Å². The Labute approximate surface area is 161 Å². The number of hydrogen-bond donors (Lipinski definition) is 1. The largest absolute Gasteiger partial charge is 0.484 e. The molecule has 2 aromatic rings. The SMILES string of the molecule is Cc1ccccc1OCC(=O)NCC(c1ccco1)N1CCCCC1.Cl. The monoisotopic (exact) mass is 378 g/mol. The molecule has 1 aromatic heterocycles. The lowest BCUT2D eigenvalue weighted by atomic mass is 10.1. The van der Waals surface area contributed by atoms with Gasteiger partial charge in [-0.2, -0.15) is 0 Å². The summed E-state index contributed by atoms with van der Waals surface area (Å²) in [5, 5.41) is 2.99. The summed E-state index contributed by atoms with van der Waals surface area (Å²) in [4.78, 5) is 14.6. The lowest BCUT2D eigenvalue weighted by Crippen LogP contribution is -2.41. The van der Waals surface area contributed by atoms with Gasteiger partial charge in [-0.1, -0.05) is 24.6 Å². The van der Waals surface area contributed by atoms with E-state index in [1.807, 2.05) is 43.3 Å². The zero-order chi connectivity index (χ0) is 17.5. The highest BCUT2D eigenvalue weighted by Crippen LogP contribution is 2.24. The number of rotatable bonds is 7. The summed E-state index contributed by atoms with van der Waals surface area (Å²) in [6, 6.07) is 11.7. The molecule has 1 aromatic carbocycles. The Bertz CT molecular complexity index is 669. The van der Waals surface area contributed by atoms with Gasteiger partial charge in [-0.25, -0.2) is 0 Å².